The van der Waals surface area contributed by atoms with Gasteiger partial charge in [-0.05, 0) is 60.7 Å². The number of hydrogen-bond acceptors (Lipinski definition) is 4. The number of nitrogens with zero attached hydrogens (tertiary/aromatic N) is 1. The maximum absolute atomic E-state index is 7.40. The molecule has 0 amide bonds. The molecule has 0 atom stereocenters. The monoisotopic (exact) mass is 376 g/mol. The van der Waals surface area contributed by atoms with E-state index in [1.807, 2.05) is 30.3 Å². The van der Waals surface area contributed by atoms with Crippen molar-refractivity contribution in [3.63, 3.8) is 0 Å². The quantitative estimate of drug-likeness (QED) is 0.344. The molecule has 1 heterocycles. The van der Waals surface area contributed by atoms with Crippen LogP contribution in [0.3, 0.4) is 0 Å². The van der Waals surface area contributed by atoms with Crippen LogP contribution in [0.5, 0.6) is 11.5 Å². The summed E-state index contributed by atoms with van der Waals surface area (Å²) in [5.74, 6) is 1.69. The van der Waals surface area contributed by atoms with Crippen molar-refractivity contribution in [1.82, 2.24) is 4.98 Å². The minimum Gasteiger partial charge on any atom is -0.487 e. The Morgan fingerprint density at radius 3 is 1.68 bits per heavy atom. The summed E-state index contributed by atoms with van der Waals surface area (Å²) in [5, 5.41) is 13.0. The average Bonchev–Trinajstić information content (AvgIpc) is 2.71. The van der Waals surface area contributed by atoms with Gasteiger partial charge in [-0.15, -0.1) is 0 Å². The normalized spacial score (nSPS) is 10.3. The van der Waals surface area contributed by atoms with Crippen LogP contribution >= 0.6 is 0 Å². The minimum atomic E-state index is 0.0279. The molecule has 0 bridgehead atoms. The number of nitrogens with one attached hydrogen (secondary N) is 1. The van der Waals surface area contributed by atoms with Crippen LogP contribution in [0.4, 0.5) is 0 Å². The van der Waals surface area contributed by atoms with Gasteiger partial charge in [-0.25, -0.2) is 0 Å². The number of ether oxygens (including phenoxy) is 2. The highest BCUT2D eigenvalue weighted by Gasteiger charge is 2.04. The maximum Gasteiger partial charge on any atom is 0.270 e. The zero-order chi connectivity index (χ0) is 19.9. The van der Waals surface area contributed by atoms with Gasteiger partial charge in [0.05, 0.1) is 17.0 Å². The standard InChI is InChI=1S/C21H21N5O2/c22-20(23)14-4-8-18(9-5-14)27-12-16-2-1-3-17(26-16)13-28-19-10-6-15(7-11-19)21(24)25/h1-11H,12-13H2,(H3,22,23)(H3,24,25)/p+1. The number of hydrogen-bond donors (Lipinski definition) is 4. The highest BCUT2D eigenvalue weighted by Crippen LogP contribution is 2.15. The summed E-state index contributed by atoms with van der Waals surface area (Å²) >= 11 is 0. The summed E-state index contributed by atoms with van der Waals surface area (Å²) in [6, 6.07) is 20.0. The molecule has 2 aromatic carbocycles. The molecular formula is C21H22N5O2+. The second-order valence-corrected chi connectivity index (χ2v) is 6.12. The van der Waals surface area contributed by atoms with Crippen molar-refractivity contribution in [2.24, 2.45) is 11.5 Å². The smallest absolute Gasteiger partial charge is 0.270 e. The van der Waals surface area contributed by atoms with Crippen molar-refractivity contribution in [1.29, 1.82) is 5.41 Å². The number of pyridine rings is 1. The summed E-state index contributed by atoms with van der Waals surface area (Å²) in [5.41, 5.74) is 14.0. The zero-order valence-electron chi connectivity index (χ0n) is 15.3. The third-order valence-electron chi connectivity index (χ3n) is 3.99. The van der Waals surface area contributed by atoms with Crippen LogP contribution in [0.15, 0.2) is 66.7 Å². The summed E-state index contributed by atoms with van der Waals surface area (Å²) in [7, 11) is 0. The molecule has 3 rings (SSSR count). The molecule has 28 heavy (non-hydrogen) atoms. The average molecular weight is 376 g/mol. The molecule has 0 saturated heterocycles. The molecule has 1 aromatic heterocycles. The predicted octanol–water partition coefficient (Wildman–Crippen LogP) is 0.988. The van der Waals surface area contributed by atoms with Gasteiger partial charge in [0.1, 0.15) is 30.5 Å². The lowest BCUT2D eigenvalue weighted by Crippen LogP contribution is -2.46. The first-order valence-corrected chi connectivity index (χ1v) is 8.64. The molecule has 0 spiro atoms. The molecule has 3 aromatic rings. The topological polar surface area (TPSA) is 133 Å². The van der Waals surface area contributed by atoms with Crippen LogP contribution in [-0.2, 0) is 13.2 Å². The van der Waals surface area contributed by atoms with E-state index in [-0.39, 0.29) is 11.7 Å². The van der Waals surface area contributed by atoms with E-state index in [4.69, 9.17) is 31.8 Å². The van der Waals surface area contributed by atoms with Gasteiger partial charge in [0, 0.05) is 5.56 Å². The maximum atomic E-state index is 7.40. The van der Waals surface area contributed by atoms with Crippen LogP contribution in [0.2, 0.25) is 0 Å². The fourth-order valence-corrected chi connectivity index (χ4v) is 2.48. The van der Waals surface area contributed by atoms with Crippen molar-refractivity contribution >= 4 is 11.7 Å². The third kappa shape index (κ3) is 5.07. The number of aromatic nitrogens is 1. The molecule has 0 saturated carbocycles. The fraction of sp³-hybridized carbons (Fsp3) is 0.0952. The van der Waals surface area contributed by atoms with Gasteiger partial charge in [-0.3, -0.25) is 21.5 Å². The molecule has 7 N–H and O–H groups in total. The summed E-state index contributed by atoms with van der Waals surface area (Å²) < 4.78 is 11.5. The van der Waals surface area contributed by atoms with Gasteiger partial charge in [0.2, 0.25) is 0 Å². The van der Waals surface area contributed by atoms with Gasteiger partial charge in [0.15, 0.2) is 0 Å². The molecular weight excluding hydrogens is 354 g/mol. The second kappa shape index (κ2) is 8.68. The third-order valence-corrected chi connectivity index (χ3v) is 3.99. The molecule has 0 radical (unpaired) electrons. The van der Waals surface area contributed by atoms with E-state index in [1.165, 1.54) is 0 Å². The number of nitrogens with two attached hydrogens (primary N) is 3. The lowest BCUT2D eigenvalue weighted by Gasteiger charge is -2.09. The van der Waals surface area contributed by atoms with Crippen LogP contribution in [0.1, 0.15) is 22.5 Å². The molecule has 7 heteroatoms. The summed E-state index contributed by atoms with van der Waals surface area (Å²) in [6.45, 7) is 0.663. The SMILES string of the molecule is N=C(N)c1ccc(OCc2cccc(COc3ccc(C(N)=[NH2+])cc3)n2)cc1. The predicted molar refractivity (Wildman–Crippen MR) is 107 cm³/mol. The summed E-state index contributed by atoms with van der Waals surface area (Å²) in [4.78, 5) is 4.55. The van der Waals surface area contributed by atoms with E-state index in [0.29, 0.717) is 30.3 Å². The van der Waals surface area contributed by atoms with Crippen LogP contribution in [0, 0.1) is 5.41 Å². The van der Waals surface area contributed by atoms with E-state index in [9.17, 15) is 0 Å². The molecule has 0 unspecified atom stereocenters. The largest absolute Gasteiger partial charge is 0.487 e. The molecule has 0 aliphatic heterocycles. The van der Waals surface area contributed by atoms with Crippen LogP contribution in [-0.4, -0.2) is 16.7 Å². The lowest BCUT2D eigenvalue weighted by atomic mass is 10.2. The van der Waals surface area contributed by atoms with Gasteiger partial charge in [-0.2, -0.15) is 0 Å². The van der Waals surface area contributed by atoms with E-state index in [0.717, 1.165) is 17.0 Å². The molecule has 7 nitrogen and oxygen atoms in total. The van der Waals surface area contributed by atoms with E-state index in [2.05, 4.69) is 4.98 Å². The molecule has 0 aliphatic carbocycles. The Hall–Kier alpha value is -3.87. The first-order chi connectivity index (χ1) is 13.5. The van der Waals surface area contributed by atoms with Crippen molar-refractivity contribution in [3.8, 4) is 11.5 Å². The van der Waals surface area contributed by atoms with Crippen molar-refractivity contribution in [2.45, 2.75) is 13.2 Å². The van der Waals surface area contributed by atoms with Crippen molar-refractivity contribution in [2.75, 3.05) is 0 Å². The van der Waals surface area contributed by atoms with Crippen molar-refractivity contribution < 1.29 is 14.9 Å². The first-order valence-electron chi connectivity index (χ1n) is 8.64. The highest BCUT2D eigenvalue weighted by atomic mass is 16.5. The molecule has 0 fully saturated rings. The molecule has 0 aliphatic rings. The number of benzene rings is 2. The van der Waals surface area contributed by atoms with Gasteiger partial charge in [0.25, 0.3) is 5.84 Å². The number of rotatable bonds is 8. The molecule has 142 valence electrons. The number of amidine groups is 2. The lowest BCUT2D eigenvalue weighted by molar-refractivity contribution is -0.114. The van der Waals surface area contributed by atoms with Crippen molar-refractivity contribution in [3.05, 3.63) is 89.2 Å². The second-order valence-electron chi connectivity index (χ2n) is 6.12. The zero-order valence-corrected chi connectivity index (χ0v) is 15.3. The fourth-order valence-electron chi connectivity index (χ4n) is 2.48. The van der Waals surface area contributed by atoms with E-state index >= 15 is 0 Å². The first kappa shape index (κ1) is 18.9. The Bertz CT molecular complexity index is 892. The van der Waals surface area contributed by atoms with E-state index < -0.39 is 0 Å². The minimum absolute atomic E-state index is 0.0279. The van der Waals surface area contributed by atoms with Gasteiger partial charge >= 0.3 is 0 Å². The van der Waals surface area contributed by atoms with Gasteiger partial charge in [-0.1, -0.05) is 6.07 Å². The Morgan fingerprint density at radius 2 is 1.25 bits per heavy atom. The van der Waals surface area contributed by atoms with Gasteiger partial charge < -0.3 is 15.2 Å². The van der Waals surface area contributed by atoms with Crippen LogP contribution < -0.4 is 26.4 Å². The highest BCUT2D eigenvalue weighted by molar-refractivity contribution is 5.95. The number of nitrogen functional groups attached to an aromatic ring is 1. The van der Waals surface area contributed by atoms with Crippen LogP contribution in [0.25, 0.3) is 0 Å². The van der Waals surface area contributed by atoms with E-state index in [1.54, 1.807) is 36.4 Å². The Morgan fingerprint density at radius 1 is 0.786 bits per heavy atom. The Labute approximate surface area is 163 Å². The summed E-state index contributed by atoms with van der Waals surface area (Å²) in [6.07, 6.45) is 0. The Balaban J connectivity index is 1.56. The Kier molecular flexibility index (Phi) is 5.86.